The Morgan fingerprint density at radius 3 is 2.39 bits per heavy atom. The standard InChI is InChI=1S/C27H33N3O3/c1-20-9-11-21(12-10-20)27(15-5-6-16-27)26-28-25(33-29-26)19-30-17-13-22(14-18-30)32-24-8-4-3-7-23(24)31-2/h3-4,7-12,22H,5-6,13-19H2,1-2H3. The second-order valence-corrected chi connectivity index (χ2v) is 9.41. The molecule has 0 bridgehead atoms. The predicted molar refractivity (Wildman–Crippen MR) is 127 cm³/mol. The van der Waals surface area contributed by atoms with Gasteiger partial charge in [0.15, 0.2) is 17.3 Å². The largest absolute Gasteiger partial charge is 0.493 e. The zero-order chi connectivity index (χ0) is 22.7. The minimum atomic E-state index is -0.106. The predicted octanol–water partition coefficient (Wildman–Crippen LogP) is 5.29. The van der Waals surface area contributed by atoms with Crippen LogP contribution >= 0.6 is 0 Å². The number of ether oxygens (including phenoxy) is 2. The Morgan fingerprint density at radius 1 is 1.00 bits per heavy atom. The van der Waals surface area contributed by atoms with Crippen LogP contribution in [0.15, 0.2) is 53.1 Å². The SMILES string of the molecule is COc1ccccc1OC1CCN(Cc2nc(C3(c4ccc(C)cc4)CCCC3)no2)CC1. The van der Waals surface area contributed by atoms with E-state index in [1.807, 2.05) is 24.3 Å². The van der Waals surface area contributed by atoms with E-state index in [1.165, 1.54) is 24.0 Å². The zero-order valence-corrected chi connectivity index (χ0v) is 19.6. The summed E-state index contributed by atoms with van der Waals surface area (Å²) in [6, 6.07) is 16.7. The van der Waals surface area contributed by atoms with Gasteiger partial charge in [0.1, 0.15) is 6.10 Å². The monoisotopic (exact) mass is 447 g/mol. The molecule has 6 heteroatoms. The average Bonchev–Trinajstić information content (AvgIpc) is 3.52. The smallest absolute Gasteiger partial charge is 0.240 e. The van der Waals surface area contributed by atoms with Crippen LogP contribution in [0.1, 0.15) is 61.4 Å². The molecule has 3 aromatic rings. The summed E-state index contributed by atoms with van der Waals surface area (Å²) < 4.78 is 17.4. The average molecular weight is 448 g/mol. The second kappa shape index (κ2) is 9.56. The first-order valence-electron chi connectivity index (χ1n) is 12.1. The number of hydrogen-bond donors (Lipinski definition) is 0. The van der Waals surface area contributed by atoms with Gasteiger partial charge >= 0.3 is 0 Å². The van der Waals surface area contributed by atoms with Crippen LogP contribution in [0.25, 0.3) is 0 Å². The van der Waals surface area contributed by atoms with Gasteiger partial charge in [-0.1, -0.05) is 60.0 Å². The number of aryl methyl sites for hydroxylation is 1. The number of aromatic nitrogens is 2. The van der Waals surface area contributed by atoms with E-state index in [2.05, 4.69) is 41.2 Å². The van der Waals surface area contributed by atoms with Gasteiger partial charge in [0, 0.05) is 13.1 Å². The van der Waals surface area contributed by atoms with Crippen molar-refractivity contribution in [2.24, 2.45) is 0 Å². The number of hydrogen-bond acceptors (Lipinski definition) is 6. The number of para-hydroxylation sites is 2. The van der Waals surface area contributed by atoms with E-state index in [-0.39, 0.29) is 11.5 Å². The molecule has 0 unspecified atom stereocenters. The third-order valence-electron chi connectivity index (χ3n) is 7.21. The van der Waals surface area contributed by atoms with Crippen molar-refractivity contribution in [3.8, 4) is 11.5 Å². The van der Waals surface area contributed by atoms with Crippen molar-refractivity contribution in [2.75, 3.05) is 20.2 Å². The lowest BCUT2D eigenvalue weighted by Crippen LogP contribution is -2.38. The minimum absolute atomic E-state index is 0.106. The first-order chi connectivity index (χ1) is 16.2. The lowest BCUT2D eigenvalue weighted by atomic mass is 9.78. The highest BCUT2D eigenvalue weighted by Gasteiger charge is 2.41. The Labute approximate surface area is 195 Å². The molecule has 2 fully saturated rings. The topological polar surface area (TPSA) is 60.6 Å². The number of rotatable bonds is 7. The van der Waals surface area contributed by atoms with Gasteiger partial charge in [0.25, 0.3) is 0 Å². The summed E-state index contributed by atoms with van der Waals surface area (Å²) in [5.74, 6) is 3.17. The summed E-state index contributed by atoms with van der Waals surface area (Å²) in [5.41, 5.74) is 2.48. The van der Waals surface area contributed by atoms with Crippen molar-refractivity contribution in [2.45, 2.75) is 63.5 Å². The van der Waals surface area contributed by atoms with E-state index in [4.69, 9.17) is 19.0 Å². The number of piperidine rings is 1. The number of likely N-dealkylation sites (tertiary alicyclic amines) is 1. The van der Waals surface area contributed by atoms with E-state index >= 15 is 0 Å². The molecular weight excluding hydrogens is 414 g/mol. The van der Waals surface area contributed by atoms with Crippen molar-refractivity contribution in [1.29, 1.82) is 0 Å². The van der Waals surface area contributed by atoms with Crippen LogP contribution in [0.2, 0.25) is 0 Å². The van der Waals surface area contributed by atoms with Gasteiger partial charge in [-0.15, -0.1) is 0 Å². The molecule has 1 saturated heterocycles. The molecule has 0 N–H and O–H groups in total. The van der Waals surface area contributed by atoms with Gasteiger partial charge in [-0.05, 0) is 50.3 Å². The number of nitrogens with zero attached hydrogens (tertiary/aromatic N) is 3. The highest BCUT2D eigenvalue weighted by Crippen LogP contribution is 2.45. The minimum Gasteiger partial charge on any atom is -0.493 e. The molecule has 5 rings (SSSR count). The van der Waals surface area contributed by atoms with Crippen molar-refractivity contribution in [3.05, 3.63) is 71.4 Å². The van der Waals surface area contributed by atoms with Crippen LogP contribution in [0.3, 0.4) is 0 Å². The molecule has 2 heterocycles. The maximum atomic E-state index is 6.21. The van der Waals surface area contributed by atoms with Crippen LogP contribution in [0.5, 0.6) is 11.5 Å². The van der Waals surface area contributed by atoms with Crippen LogP contribution in [0, 0.1) is 6.92 Å². The Balaban J connectivity index is 1.21. The number of benzene rings is 2. The van der Waals surface area contributed by atoms with Crippen molar-refractivity contribution in [3.63, 3.8) is 0 Å². The van der Waals surface area contributed by atoms with Crippen LogP contribution in [0.4, 0.5) is 0 Å². The molecule has 174 valence electrons. The van der Waals surface area contributed by atoms with Crippen LogP contribution < -0.4 is 9.47 Å². The molecule has 0 spiro atoms. The first-order valence-corrected chi connectivity index (χ1v) is 12.1. The van der Waals surface area contributed by atoms with E-state index in [0.717, 1.165) is 56.1 Å². The molecular formula is C27H33N3O3. The summed E-state index contributed by atoms with van der Waals surface area (Å²) in [6.45, 7) is 4.71. The van der Waals surface area contributed by atoms with Gasteiger partial charge in [0.2, 0.25) is 5.89 Å². The van der Waals surface area contributed by atoms with Gasteiger partial charge in [-0.2, -0.15) is 4.98 Å². The Hall–Kier alpha value is -2.86. The maximum absolute atomic E-state index is 6.21. The second-order valence-electron chi connectivity index (χ2n) is 9.41. The quantitative estimate of drug-likeness (QED) is 0.490. The summed E-state index contributed by atoms with van der Waals surface area (Å²) in [7, 11) is 1.68. The van der Waals surface area contributed by atoms with Crippen molar-refractivity contribution < 1.29 is 14.0 Å². The molecule has 6 nitrogen and oxygen atoms in total. The summed E-state index contributed by atoms with van der Waals surface area (Å²) in [4.78, 5) is 7.28. The molecule has 2 aromatic carbocycles. The summed E-state index contributed by atoms with van der Waals surface area (Å²) >= 11 is 0. The summed E-state index contributed by atoms with van der Waals surface area (Å²) in [6.07, 6.45) is 6.70. The third kappa shape index (κ3) is 4.62. The van der Waals surface area contributed by atoms with Crippen LogP contribution in [-0.4, -0.2) is 41.3 Å². The fourth-order valence-electron chi connectivity index (χ4n) is 5.28. The normalized spacial score (nSPS) is 19.0. The molecule has 33 heavy (non-hydrogen) atoms. The van der Waals surface area contributed by atoms with E-state index in [9.17, 15) is 0 Å². The molecule has 1 saturated carbocycles. The Bertz CT molecular complexity index is 1050. The van der Waals surface area contributed by atoms with Gasteiger partial charge in [-0.3, -0.25) is 4.90 Å². The lowest BCUT2D eigenvalue weighted by Gasteiger charge is -2.31. The van der Waals surface area contributed by atoms with E-state index in [0.29, 0.717) is 12.4 Å². The van der Waals surface area contributed by atoms with Crippen LogP contribution in [-0.2, 0) is 12.0 Å². The fraction of sp³-hybridized carbons (Fsp3) is 0.481. The molecule has 1 aliphatic carbocycles. The summed E-state index contributed by atoms with van der Waals surface area (Å²) in [5, 5.41) is 4.47. The van der Waals surface area contributed by atoms with Gasteiger partial charge < -0.3 is 14.0 Å². The third-order valence-corrected chi connectivity index (χ3v) is 7.21. The first kappa shape index (κ1) is 22.0. The van der Waals surface area contributed by atoms with E-state index < -0.39 is 0 Å². The number of methoxy groups -OCH3 is 1. The molecule has 0 radical (unpaired) electrons. The Kier molecular flexibility index (Phi) is 6.36. The van der Waals surface area contributed by atoms with Gasteiger partial charge in [-0.25, -0.2) is 0 Å². The van der Waals surface area contributed by atoms with Gasteiger partial charge in [0.05, 0.1) is 19.1 Å². The molecule has 2 aliphatic rings. The maximum Gasteiger partial charge on any atom is 0.240 e. The highest BCUT2D eigenvalue weighted by molar-refractivity contribution is 5.39. The highest BCUT2D eigenvalue weighted by atomic mass is 16.5. The zero-order valence-electron chi connectivity index (χ0n) is 19.6. The molecule has 0 atom stereocenters. The fourth-order valence-corrected chi connectivity index (χ4v) is 5.28. The molecule has 1 aromatic heterocycles. The van der Waals surface area contributed by atoms with Crippen molar-refractivity contribution >= 4 is 0 Å². The van der Waals surface area contributed by atoms with Crippen molar-refractivity contribution in [1.82, 2.24) is 15.0 Å². The molecule has 1 aliphatic heterocycles. The Morgan fingerprint density at radius 2 is 1.70 bits per heavy atom. The lowest BCUT2D eigenvalue weighted by molar-refractivity contribution is 0.0882. The molecule has 0 amide bonds. The van der Waals surface area contributed by atoms with E-state index in [1.54, 1.807) is 7.11 Å².